The van der Waals surface area contributed by atoms with Gasteiger partial charge in [-0.2, -0.15) is 0 Å². The molecule has 0 saturated heterocycles. The number of anilines is 3. The van der Waals surface area contributed by atoms with Crippen molar-refractivity contribution in [1.82, 2.24) is 4.57 Å². The van der Waals surface area contributed by atoms with Crippen molar-refractivity contribution >= 4 is 38.9 Å². The topological polar surface area (TPSA) is 8.17 Å². The predicted octanol–water partition coefficient (Wildman–Crippen LogP) is 19.5. The van der Waals surface area contributed by atoms with Crippen molar-refractivity contribution in [3.8, 4) is 72.4 Å². The van der Waals surface area contributed by atoms with Crippen molar-refractivity contribution in [2.24, 2.45) is 0 Å². The molecule has 74 heavy (non-hydrogen) atoms. The van der Waals surface area contributed by atoms with E-state index in [4.69, 9.17) is 0 Å². The molecular weight excluding hydrogens is 893 g/mol. The molecule has 1 heterocycles. The smallest absolute Gasteiger partial charge is 0.0541 e. The summed E-state index contributed by atoms with van der Waals surface area (Å²) in [5.41, 5.74) is 27.0. The summed E-state index contributed by atoms with van der Waals surface area (Å²) >= 11 is 0. The van der Waals surface area contributed by atoms with Gasteiger partial charge in [-0.3, -0.25) is 0 Å². The van der Waals surface area contributed by atoms with E-state index < -0.39 is 0 Å². The van der Waals surface area contributed by atoms with Gasteiger partial charge in [0.1, 0.15) is 0 Å². The number of hydrogen-bond donors (Lipinski definition) is 0. The molecule has 0 amide bonds. The van der Waals surface area contributed by atoms with E-state index in [0.29, 0.717) is 0 Å². The molecule has 0 N–H and O–H groups in total. The molecule has 2 aliphatic carbocycles. The van der Waals surface area contributed by atoms with Gasteiger partial charge in [-0.15, -0.1) is 0 Å². The van der Waals surface area contributed by atoms with Crippen molar-refractivity contribution < 1.29 is 0 Å². The van der Waals surface area contributed by atoms with Crippen molar-refractivity contribution in [2.75, 3.05) is 4.90 Å². The van der Waals surface area contributed by atoms with Gasteiger partial charge in [0.25, 0.3) is 0 Å². The van der Waals surface area contributed by atoms with Crippen LogP contribution in [0, 0.1) is 0 Å². The molecular formula is C72H54N2. The molecule has 2 nitrogen and oxygen atoms in total. The predicted molar refractivity (Wildman–Crippen MR) is 312 cm³/mol. The van der Waals surface area contributed by atoms with Crippen LogP contribution in [0.25, 0.3) is 94.3 Å². The molecule has 2 heteroatoms. The first-order valence-electron chi connectivity index (χ1n) is 26.0. The summed E-state index contributed by atoms with van der Waals surface area (Å²) in [5.74, 6) is 0. The Morgan fingerprint density at radius 2 is 0.757 bits per heavy atom. The second-order valence-corrected chi connectivity index (χ2v) is 21.3. The van der Waals surface area contributed by atoms with Gasteiger partial charge in [-0.25, -0.2) is 0 Å². The molecule has 0 unspecified atom stereocenters. The molecule has 12 aromatic rings. The number of para-hydroxylation sites is 2. The maximum absolute atomic E-state index is 2.55. The Balaban J connectivity index is 0.958. The van der Waals surface area contributed by atoms with Crippen LogP contribution >= 0.6 is 0 Å². The van der Waals surface area contributed by atoms with Gasteiger partial charge in [-0.1, -0.05) is 210 Å². The molecule has 0 spiro atoms. The van der Waals surface area contributed by atoms with Gasteiger partial charge < -0.3 is 9.47 Å². The zero-order chi connectivity index (χ0) is 49.7. The fraction of sp³-hybridized carbons (Fsp3) is 0.0833. The van der Waals surface area contributed by atoms with E-state index >= 15 is 0 Å². The monoisotopic (exact) mass is 946 g/mol. The van der Waals surface area contributed by atoms with Gasteiger partial charge in [-0.05, 0) is 162 Å². The van der Waals surface area contributed by atoms with Crippen LogP contribution < -0.4 is 4.90 Å². The quantitative estimate of drug-likeness (QED) is 0.147. The van der Waals surface area contributed by atoms with Crippen LogP contribution in [0.3, 0.4) is 0 Å². The van der Waals surface area contributed by atoms with Crippen LogP contribution in [0.5, 0.6) is 0 Å². The van der Waals surface area contributed by atoms with Crippen molar-refractivity contribution in [2.45, 2.75) is 38.5 Å². The average molecular weight is 947 g/mol. The molecule has 0 fully saturated rings. The molecule has 0 atom stereocenters. The minimum atomic E-state index is -0.245. The standard InChI is InChI=1S/C72H54N2/c1-71(2)64-28-18-27-58(51-23-12-7-13-24-51)70(64)63-46-66-62(45-67(63)71)59-40-35-52(43-65(59)72(66,3)4)53-41-56(44-57(42-53)74-68-29-16-14-25-60(68)61-26-15-17-30-69(61)74)73(54-36-31-49(32-37-54)47-19-8-5-9-20-47)55-38-33-50(34-39-55)48-21-10-6-11-22-48/h5-46H,1-4H3. The van der Waals surface area contributed by atoms with Gasteiger partial charge >= 0.3 is 0 Å². The summed E-state index contributed by atoms with van der Waals surface area (Å²) in [6.07, 6.45) is 0. The SMILES string of the molecule is CC1(C)c2cc(-c3cc(N(c4ccc(-c5ccccc5)cc4)c4ccc(-c5ccccc5)cc4)cc(-n4c5ccccc5c5ccccc54)c3)ccc2-c2cc3c(cc21)-c1c(-c2ccccc2)cccc1C3(C)C. The summed E-state index contributed by atoms with van der Waals surface area (Å²) in [4.78, 5) is 2.43. The molecule has 0 saturated carbocycles. The van der Waals surface area contributed by atoms with E-state index in [1.807, 2.05) is 0 Å². The molecule has 14 rings (SSSR count). The molecule has 1 aromatic heterocycles. The fourth-order valence-electron chi connectivity index (χ4n) is 12.6. The molecule has 0 aliphatic heterocycles. The molecule has 0 bridgehead atoms. The van der Waals surface area contributed by atoms with Crippen LogP contribution in [0.1, 0.15) is 49.9 Å². The van der Waals surface area contributed by atoms with E-state index in [9.17, 15) is 0 Å². The van der Waals surface area contributed by atoms with Crippen LogP contribution in [-0.2, 0) is 10.8 Å². The maximum atomic E-state index is 2.55. The molecule has 2 aliphatic rings. The number of benzene rings is 11. The van der Waals surface area contributed by atoms with Gasteiger partial charge in [0.15, 0.2) is 0 Å². The van der Waals surface area contributed by atoms with Crippen molar-refractivity contribution in [3.63, 3.8) is 0 Å². The van der Waals surface area contributed by atoms with Crippen LogP contribution in [0.2, 0.25) is 0 Å². The lowest BCUT2D eigenvalue weighted by Gasteiger charge is -2.28. The Morgan fingerprint density at radius 1 is 0.284 bits per heavy atom. The Labute approximate surface area is 434 Å². The fourth-order valence-corrected chi connectivity index (χ4v) is 12.6. The van der Waals surface area contributed by atoms with Crippen molar-refractivity contribution in [1.29, 1.82) is 0 Å². The summed E-state index contributed by atoms with van der Waals surface area (Å²) in [7, 11) is 0. The Hall–Kier alpha value is -8.98. The van der Waals surface area contributed by atoms with Crippen LogP contribution in [0.4, 0.5) is 17.1 Å². The lowest BCUT2D eigenvalue weighted by Crippen LogP contribution is -2.17. The molecule has 11 aromatic carbocycles. The van der Waals surface area contributed by atoms with Gasteiger partial charge in [0.2, 0.25) is 0 Å². The van der Waals surface area contributed by atoms with E-state index in [1.165, 1.54) is 105 Å². The third-order valence-electron chi connectivity index (χ3n) is 16.4. The molecule has 0 radical (unpaired) electrons. The highest BCUT2D eigenvalue weighted by atomic mass is 15.1. The number of rotatable bonds is 8. The highest BCUT2D eigenvalue weighted by molar-refractivity contribution is 6.09. The van der Waals surface area contributed by atoms with E-state index in [0.717, 1.165) is 28.3 Å². The summed E-state index contributed by atoms with van der Waals surface area (Å²) in [5, 5.41) is 2.48. The number of hydrogen-bond acceptors (Lipinski definition) is 1. The van der Waals surface area contributed by atoms with E-state index in [1.54, 1.807) is 0 Å². The Kier molecular flexibility index (Phi) is 9.94. The van der Waals surface area contributed by atoms with Crippen LogP contribution in [0.15, 0.2) is 255 Å². The average Bonchev–Trinajstić information content (AvgIpc) is 4.01. The normalized spacial score (nSPS) is 13.6. The van der Waals surface area contributed by atoms with E-state index in [2.05, 4.69) is 292 Å². The second-order valence-electron chi connectivity index (χ2n) is 21.3. The van der Waals surface area contributed by atoms with Crippen LogP contribution in [-0.4, -0.2) is 4.57 Å². The number of nitrogens with zero attached hydrogens (tertiary/aromatic N) is 2. The lowest BCUT2D eigenvalue weighted by atomic mass is 9.79. The zero-order valence-corrected chi connectivity index (χ0v) is 42.1. The Morgan fingerprint density at radius 3 is 1.35 bits per heavy atom. The highest BCUT2D eigenvalue weighted by Crippen LogP contribution is 2.58. The third-order valence-corrected chi connectivity index (χ3v) is 16.4. The van der Waals surface area contributed by atoms with Crippen molar-refractivity contribution in [3.05, 3.63) is 277 Å². The molecule has 352 valence electrons. The number of fused-ring (bicyclic) bond motifs is 9. The highest BCUT2D eigenvalue weighted by Gasteiger charge is 2.42. The minimum absolute atomic E-state index is 0.142. The summed E-state index contributed by atoms with van der Waals surface area (Å²) in [6.45, 7) is 9.67. The summed E-state index contributed by atoms with van der Waals surface area (Å²) < 4.78 is 2.46. The Bertz CT molecular complexity index is 4010. The zero-order valence-electron chi connectivity index (χ0n) is 42.1. The minimum Gasteiger partial charge on any atom is -0.310 e. The lowest BCUT2D eigenvalue weighted by molar-refractivity contribution is 0.652. The van der Waals surface area contributed by atoms with E-state index in [-0.39, 0.29) is 10.8 Å². The van der Waals surface area contributed by atoms with Gasteiger partial charge in [0, 0.05) is 44.4 Å². The van der Waals surface area contributed by atoms with Gasteiger partial charge in [0.05, 0.1) is 11.0 Å². The largest absolute Gasteiger partial charge is 0.310 e. The maximum Gasteiger partial charge on any atom is 0.0541 e. The first kappa shape index (κ1) is 43.8. The third kappa shape index (κ3) is 6.86. The second kappa shape index (κ2) is 16.8. The first-order valence-corrected chi connectivity index (χ1v) is 26.0. The summed E-state index contributed by atoms with van der Waals surface area (Å²) in [6, 6.07) is 94.5. The first-order chi connectivity index (χ1) is 36.2. The number of aromatic nitrogens is 1.